The van der Waals surface area contributed by atoms with Gasteiger partial charge in [-0.2, -0.15) is 5.10 Å². The molecule has 0 aliphatic rings. The number of hydrogen-bond donors (Lipinski definition) is 2. The summed E-state index contributed by atoms with van der Waals surface area (Å²) in [5.74, 6) is -0.362. The number of ether oxygens (including phenoxy) is 1. The molecular weight excluding hydrogens is 260 g/mol. The van der Waals surface area contributed by atoms with E-state index in [-0.39, 0.29) is 17.3 Å². The van der Waals surface area contributed by atoms with E-state index in [0.717, 1.165) is 0 Å². The molecule has 0 saturated heterocycles. The lowest BCUT2D eigenvalue weighted by Gasteiger charge is -2.06. The van der Waals surface area contributed by atoms with Gasteiger partial charge in [-0.3, -0.25) is 14.3 Å². The van der Waals surface area contributed by atoms with Gasteiger partial charge in [-0.05, 0) is 24.3 Å². The van der Waals surface area contributed by atoms with Gasteiger partial charge < -0.3 is 15.8 Å². The van der Waals surface area contributed by atoms with Gasteiger partial charge in [-0.1, -0.05) is 0 Å². The first-order chi connectivity index (χ1) is 9.52. The van der Waals surface area contributed by atoms with Crippen molar-refractivity contribution in [2.45, 2.75) is 0 Å². The van der Waals surface area contributed by atoms with Crippen molar-refractivity contribution in [2.75, 3.05) is 12.4 Å². The molecule has 7 nitrogen and oxygen atoms in total. The smallest absolute Gasteiger partial charge is 0.269 e. The Morgan fingerprint density at radius 2 is 1.95 bits per heavy atom. The van der Waals surface area contributed by atoms with Crippen molar-refractivity contribution in [3.05, 3.63) is 41.7 Å². The maximum atomic E-state index is 12.1. The van der Waals surface area contributed by atoms with Gasteiger partial charge in [0.05, 0.1) is 19.0 Å². The topological polar surface area (TPSA) is 99.2 Å². The first-order valence-electron chi connectivity index (χ1n) is 5.80. The summed E-state index contributed by atoms with van der Waals surface area (Å²) in [6.45, 7) is 0. The van der Waals surface area contributed by atoms with E-state index in [1.165, 1.54) is 10.9 Å². The number of carbonyl (C=O) groups is 2. The number of primary amides is 1. The number of aromatic nitrogens is 2. The van der Waals surface area contributed by atoms with Gasteiger partial charge in [0.25, 0.3) is 11.8 Å². The summed E-state index contributed by atoms with van der Waals surface area (Å²) in [6.07, 6.45) is 1.38. The number of methoxy groups -OCH3 is 1. The first-order valence-corrected chi connectivity index (χ1v) is 5.80. The molecule has 2 amide bonds. The van der Waals surface area contributed by atoms with Crippen LogP contribution in [-0.2, 0) is 7.05 Å². The number of nitrogens with zero attached hydrogens (tertiary/aromatic N) is 2. The third kappa shape index (κ3) is 2.61. The molecule has 0 atom stereocenters. The highest BCUT2D eigenvalue weighted by molar-refractivity contribution is 6.08. The normalized spacial score (nSPS) is 10.1. The van der Waals surface area contributed by atoms with E-state index in [2.05, 4.69) is 10.4 Å². The second-order valence-electron chi connectivity index (χ2n) is 4.08. The van der Waals surface area contributed by atoms with E-state index in [1.807, 2.05) is 0 Å². The maximum absolute atomic E-state index is 12.1. The van der Waals surface area contributed by atoms with Gasteiger partial charge in [0, 0.05) is 12.6 Å². The summed E-state index contributed by atoms with van der Waals surface area (Å²) in [5.41, 5.74) is 6.10. The van der Waals surface area contributed by atoms with Crippen molar-refractivity contribution >= 4 is 17.5 Å². The quantitative estimate of drug-likeness (QED) is 0.860. The number of benzene rings is 1. The fourth-order valence-corrected chi connectivity index (χ4v) is 1.76. The number of anilines is 1. The van der Waals surface area contributed by atoms with Gasteiger partial charge in [0.1, 0.15) is 11.4 Å². The minimum Gasteiger partial charge on any atom is -0.497 e. The van der Waals surface area contributed by atoms with Gasteiger partial charge in [-0.15, -0.1) is 0 Å². The Balaban J connectivity index is 2.21. The number of nitrogens with two attached hydrogens (primary N) is 1. The van der Waals surface area contributed by atoms with Crippen LogP contribution in [0.25, 0.3) is 0 Å². The van der Waals surface area contributed by atoms with Crippen molar-refractivity contribution in [2.24, 2.45) is 12.8 Å². The van der Waals surface area contributed by atoms with Crippen LogP contribution >= 0.6 is 0 Å². The number of nitrogens with one attached hydrogen (secondary N) is 1. The van der Waals surface area contributed by atoms with Crippen LogP contribution in [0.15, 0.2) is 30.5 Å². The monoisotopic (exact) mass is 274 g/mol. The second kappa shape index (κ2) is 5.43. The predicted octanol–water partition coefficient (Wildman–Crippen LogP) is 0.780. The molecule has 1 aromatic carbocycles. The van der Waals surface area contributed by atoms with Crippen molar-refractivity contribution < 1.29 is 14.3 Å². The molecule has 2 aromatic rings. The predicted molar refractivity (Wildman–Crippen MR) is 72.7 cm³/mol. The zero-order valence-electron chi connectivity index (χ0n) is 11.1. The number of aryl methyl sites for hydroxylation is 1. The molecular formula is C13H14N4O3. The lowest BCUT2D eigenvalue weighted by molar-refractivity contribution is 0.0992. The molecule has 20 heavy (non-hydrogen) atoms. The number of amides is 2. The molecule has 0 bridgehead atoms. The van der Waals surface area contributed by atoms with E-state index in [1.54, 1.807) is 38.4 Å². The van der Waals surface area contributed by atoms with E-state index >= 15 is 0 Å². The third-order valence-corrected chi connectivity index (χ3v) is 2.77. The fraction of sp³-hybridized carbons (Fsp3) is 0.154. The van der Waals surface area contributed by atoms with Crippen molar-refractivity contribution in [1.29, 1.82) is 0 Å². The average molecular weight is 274 g/mol. The summed E-state index contributed by atoms with van der Waals surface area (Å²) >= 11 is 0. The van der Waals surface area contributed by atoms with Gasteiger partial charge >= 0.3 is 0 Å². The van der Waals surface area contributed by atoms with Gasteiger partial charge in [-0.25, -0.2) is 0 Å². The van der Waals surface area contributed by atoms with Gasteiger partial charge in [0.15, 0.2) is 0 Å². The summed E-state index contributed by atoms with van der Waals surface area (Å²) < 4.78 is 6.33. The Morgan fingerprint density at radius 1 is 1.30 bits per heavy atom. The summed E-state index contributed by atoms with van der Waals surface area (Å²) in [5, 5.41) is 6.50. The Kier molecular flexibility index (Phi) is 3.69. The zero-order valence-corrected chi connectivity index (χ0v) is 11.1. The van der Waals surface area contributed by atoms with Crippen LogP contribution in [0.5, 0.6) is 5.75 Å². The highest BCUT2D eigenvalue weighted by atomic mass is 16.5. The van der Waals surface area contributed by atoms with Crippen LogP contribution in [0.2, 0.25) is 0 Å². The lowest BCUT2D eigenvalue weighted by atomic mass is 10.2. The standard InChI is InChI=1S/C13H14N4O3/c1-17-11(12(14)18)10(7-15-17)16-13(19)8-3-5-9(20-2)6-4-8/h3-7H,1-2H3,(H2,14,18)(H,16,19). The van der Waals surface area contributed by atoms with Crippen LogP contribution in [-0.4, -0.2) is 28.7 Å². The Labute approximate surface area is 115 Å². The summed E-state index contributed by atoms with van der Waals surface area (Å²) in [7, 11) is 3.12. The van der Waals surface area contributed by atoms with Crippen molar-refractivity contribution in [1.82, 2.24) is 9.78 Å². The number of carbonyl (C=O) groups excluding carboxylic acids is 2. The molecule has 7 heteroatoms. The molecule has 3 N–H and O–H groups in total. The van der Waals surface area contributed by atoms with Crippen LogP contribution in [0.3, 0.4) is 0 Å². The molecule has 0 aliphatic carbocycles. The number of hydrogen-bond acceptors (Lipinski definition) is 4. The molecule has 1 aromatic heterocycles. The van der Waals surface area contributed by atoms with Crippen LogP contribution in [0, 0.1) is 0 Å². The van der Waals surface area contributed by atoms with Crippen LogP contribution < -0.4 is 15.8 Å². The largest absolute Gasteiger partial charge is 0.497 e. The van der Waals surface area contributed by atoms with Crippen molar-refractivity contribution in [3.63, 3.8) is 0 Å². The SMILES string of the molecule is COc1ccc(C(=O)Nc2cnn(C)c2C(N)=O)cc1. The molecule has 1 heterocycles. The minimum atomic E-state index is -0.657. The van der Waals surface area contributed by atoms with Gasteiger partial charge in [0.2, 0.25) is 0 Å². The second-order valence-corrected chi connectivity index (χ2v) is 4.08. The first kappa shape index (κ1) is 13.6. The lowest BCUT2D eigenvalue weighted by Crippen LogP contribution is -2.20. The average Bonchev–Trinajstić information content (AvgIpc) is 2.79. The van der Waals surface area contributed by atoms with Crippen LogP contribution in [0.4, 0.5) is 5.69 Å². The fourth-order valence-electron chi connectivity index (χ4n) is 1.76. The zero-order chi connectivity index (χ0) is 14.7. The number of rotatable bonds is 4. The van der Waals surface area contributed by atoms with E-state index in [9.17, 15) is 9.59 Å². The van der Waals surface area contributed by atoms with E-state index < -0.39 is 5.91 Å². The third-order valence-electron chi connectivity index (χ3n) is 2.77. The summed E-state index contributed by atoms with van der Waals surface area (Å²) in [4.78, 5) is 23.4. The Morgan fingerprint density at radius 3 is 2.50 bits per heavy atom. The molecule has 0 saturated carbocycles. The summed E-state index contributed by atoms with van der Waals surface area (Å²) in [6, 6.07) is 6.59. The molecule has 0 unspecified atom stereocenters. The molecule has 0 fully saturated rings. The molecule has 0 aliphatic heterocycles. The minimum absolute atomic E-state index is 0.145. The molecule has 104 valence electrons. The maximum Gasteiger partial charge on any atom is 0.269 e. The van der Waals surface area contributed by atoms with Crippen LogP contribution in [0.1, 0.15) is 20.8 Å². The Bertz CT molecular complexity index is 646. The molecule has 0 spiro atoms. The Hall–Kier alpha value is -2.83. The molecule has 2 rings (SSSR count). The van der Waals surface area contributed by atoms with E-state index in [0.29, 0.717) is 11.3 Å². The highest BCUT2D eigenvalue weighted by Gasteiger charge is 2.16. The highest BCUT2D eigenvalue weighted by Crippen LogP contribution is 2.16. The molecule has 0 radical (unpaired) electrons. The van der Waals surface area contributed by atoms with Crippen molar-refractivity contribution in [3.8, 4) is 5.75 Å². The van der Waals surface area contributed by atoms with E-state index in [4.69, 9.17) is 10.5 Å².